The number of morpholine rings is 1. The van der Waals surface area contributed by atoms with Crippen LogP contribution in [0.4, 0.5) is 0 Å². The van der Waals surface area contributed by atoms with Crippen LogP contribution in [-0.4, -0.2) is 60.3 Å². The summed E-state index contributed by atoms with van der Waals surface area (Å²) >= 11 is 0. The molecule has 1 saturated heterocycles. The second-order valence-corrected chi connectivity index (χ2v) is 7.81. The van der Waals surface area contributed by atoms with E-state index in [1.54, 1.807) is 0 Å². The lowest BCUT2D eigenvalue weighted by Crippen LogP contribution is -2.39. The third-order valence-electron chi connectivity index (χ3n) is 5.76. The average molecular weight is 548 g/mol. The van der Waals surface area contributed by atoms with Crippen LogP contribution in [0.25, 0.3) is 11.0 Å². The van der Waals surface area contributed by atoms with Gasteiger partial charge in [0.15, 0.2) is 5.96 Å². The van der Waals surface area contributed by atoms with E-state index in [0.717, 1.165) is 69.8 Å². The monoisotopic (exact) mass is 548 g/mol. The summed E-state index contributed by atoms with van der Waals surface area (Å²) in [4.78, 5) is 11.5. The Morgan fingerprint density at radius 3 is 2.53 bits per heavy atom. The Hall–Kier alpha value is -2.17. The molecule has 0 aliphatic carbocycles. The Morgan fingerprint density at radius 2 is 1.75 bits per heavy atom. The van der Waals surface area contributed by atoms with E-state index in [1.165, 1.54) is 16.6 Å². The number of aryl methyl sites for hydroxylation is 1. The first-order chi connectivity index (χ1) is 15.2. The number of ether oxygens (including phenoxy) is 1. The molecule has 7 nitrogen and oxygen atoms in total. The SMILES string of the molecule is CN=C(NCCn1c(C)nc2ccccc21)NCc1ccccc1CN1CCOCC1.I. The van der Waals surface area contributed by atoms with Gasteiger partial charge in [0, 0.05) is 46.3 Å². The minimum absolute atomic E-state index is 0. The van der Waals surface area contributed by atoms with Gasteiger partial charge in [-0.15, -0.1) is 24.0 Å². The molecule has 1 aromatic heterocycles. The molecule has 2 aromatic carbocycles. The minimum Gasteiger partial charge on any atom is -0.379 e. The predicted octanol–water partition coefficient (Wildman–Crippen LogP) is 3.16. The highest BCUT2D eigenvalue weighted by molar-refractivity contribution is 14.0. The van der Waals surface area contributed by atoms with E-state index in [0.29, 0.717) is 0 Å². The molecular weight excluding hydrogens is 515 g/mol. The number of aromatic nitrogens is 2. The van der Waals surface area contributed by atoms with Gasteiger partial charge in [-0.25, -0.2) is 4.98 Å². The summed E-state index contributed by atoms with van der Waals surface area (Å²) in [5, 5.41) is 6.90. The van der Waals surface area contributed by atoms with Crippen LogP contribution in [0.15, 0.2) is 53.5 Å². The number of hydrogen-bond acceptors (Lipinski definition) is 4. The van der Waals surface area contributed by atoms with Gasteiger partial charge in [-0.05, 0) is 30.2 Å². The zero-order valence-electron chi connectivity index (χ0n) is 18.9. The average Bonchev–Trinajstić information content (AvgIpc) is 3.12. The quantitative estimate of drug-likeness (QED) is 0.270. The fraction of sp³-hybridized carbons (Fsp3) is 0.417. The van der Waals surface area contributed by atoms with Gasteiger partial charge in [-0.3, -0.25) is 9.89 Å². The van der Waals surface area contributed by atoms with Crippen molar-refractivity contribution in [3.8, 4) is 0 Å². The summed E-state index contributed by atoms with van der Waals surface area (Å²) in [6, 6.07) is 16.9. The summed E-state index contributed by atoms with van der Waals surface area (Å²) in [5.74, 6) is 1.84. The molecule has 32 heavy (non-hydrogen) atoms. The number of nitrogens with one attached hydrogen (secondary N) is 2. The van der Waals surface area contributed by atoms with E-state index in [1.807, 2.05) is 13.1 Å². The highest BCUT2D eigenvalue weighted by Gasteiger charge is 2.13. The van der Waals surface area contributed by atoms with Crippen LogP contribution in [0.1, 0.15) is 17.0 Å². The fourth-order valence-corrected chi connectivity index (χ4v) is 4.05. The number of fused-ring (bicyclic) bond motifs is 1. The molecule has 0 bridgehead atoms. The zero-order valence-corrected chi connectivity index (χ0v) is 21.2. The number of hydrogen-bond donors (Lipinski definition) is 2. The minimum atomic E-state index is 0. The Bertz CT molecular complexity index is 1030. The summed E-state index contributed by atoms with van der Waals surface area (Å²) in [6.07, 6.45) is 0. The summed E-state index contributed by atoms with van der Waals surface area (Å²) < 4.78 is 7.72. The fourth-order valence-electron chi connectivity index (χ4n) is 4.05. The number of benzene rings is 2. The number of nitrogens with zero attached hydrogens (tertiary/aromatic N) is 4. The molecule has 2 heterocycles. The maximum atomic E-state index is 5.47. The van der Waals surface area contributed by atoms with Crippen LogP contribution in [0.5, 0.6) is 0 Å². The van der Waals surface area contributed by atoms with E-state index in [-0.39, 0.29) is 24.0 Å². The molecule has 0 saturated carbocycles. The van der Waals surface area contributed by atoms with Crippen LogP contribution in [-0.2, 0) is 24.4 Å². The molecule has 0 atom stereocenters. The van der Waals surface area contributed by atoms with Crippen molar-refractivity contribution in [2.75, 3.05) is 39.9 Å². The van der Waals surface area contributed by atoms with E-state index >= 15 is 0 Å². The number of aliphatic imine (C=N–C) groups is 1. The highest BCUT2D eigenvalue weighted by Crippen LogP contribution is 2.15. The molecule has 0 unspecified atom stereocenters. The van der Waals surface area contributed by atoms with E-state index in [4.69, 9.17) is 4.74 Å². The van der Waals surface area contributed by atoms with Gasteiger partial charge in [0.2, 0.25) is 0 Å². The molecule has 2 N–H and O–H groups in total. The van der Waals surface area contributed by atoms with Crippen LogP contribution < -0.4 is 10.6 Å². The maximum Gasteiger partial charge on any atom is 0.191 e. The Balaban J connectivity index is 0.00000289. The molecule has 8 heteroatoms. The highest BCUT2D eigenvalue weighted by atomic mass is 127. The lowest BCUT2D eigenvalue weighted by Gasteiger charge is -2.27. The number of rotatable bonds is 7. The number of para-hydroxylation sites is 2. The smallest absolute Gasteiger partial charge is 0.191 e. The van der Waals surface area contributed by atoms with E-state index in [9.17, 15) is 0 Å². The van der Waals surface area contributed by atoms with Gasteiger partial charge in [0.25, 0.3) is 0 Å². The first-order valence-electron chi connectivity index (χ1n) is 11.0. The van der Waals surface area contributed by atoms with Crippen LogP contribution in [0.2, 0.25) is 0 Å². The van der Waals surface area contributed by atoms with Crippen LogP contribution in [0.3, 0.4) is 0 Å². The van der Waals surface area contributed by atoms with Crippen LogP contribution >= 0.6 is 24.0 Å². The number of guanidine groups is 1. The molecule has 0 radical (unpaired) electrons. The van der Waals surface area contributed by atoms with E-state index in [2.05, 4.69) is 79.5 Å². The zero-order chi connectivity index (χ0) is 21.5. The van der Waals surface area contributed by atoms with Gasteiger partial charge in [0.05, 0.1) is 24.2 Å². The maximum absolute atomic E-state index is 5.47. The van der Waals surface area contributed by atoms with Crippen molar-refractivity contribution in [3.63, 3.8) is 0 Å². The molecule has 1 aliphatic rings. The van der Waals surface area contributed by atoms with Crippen molar-refractivity contribution in [2.45, 2.75) is 26.6 Å². The lowest BCUT2D eigenvalue weighted by atomic mass is 10.1. The Kier molecular flexibility index (Phi) is 9.31. The van der Waals surface area contributed by atoms with Gasteiger partial charge >= 0.3 is 0 Å². The number of imidazole rings is 1. The van der Waals surface area contributed by atoms with Gasteiger partial charge in [-0.1, -0.05) is 36.4 Å². The molecular formula is C24H33IN6O. The predicted molar refractivity (Wildman–Crippen MR) is 141 cm³/mol. The van der Waals surface area contributed by atoms with Crippen LogP contribution in [0, 0.1) is 6.92 Å². The molecule has 1 aliphatic heterocycles. The Morgan fingerprint density at radius 1 is 1.03 bits per heavy atom. The van der Waals surface area contributed by atoms with Gasteiger partial charge in [-0.2, -0.15) is 0 Å². The van der Waals surface area contributed by atoms with Crippen molar-refractivity contribution in [1.82, 2.24) is 25.1 Å². The molecule has 0 spiro atoms. The second kappa shape index (κ2) is 12.2. The van der Waals surface area contributed by atoms with Crippen molar-refractivity contribution < 1.29 is 4.74 Å². The van der Waals surface area contributed by atoms with Crippen molar-refractivity contribution in [1.29, 1.82) is 0 Å². The Labute approximate surface area is 207 Å². The van der Waals surface area contributed by atoms with Crippen molar-refractivity contribution in [2.24, 2.45) is 4.99 Å². The normalized spacial score (nSPS) is 14.9. The molecule has 0 amide bonds. The summed E-state index contributed by atoms with van der Waals surface area (Å²) in [7, 11) is 1.81. The topological polar surface area (TPSA) is 66.7 Å². The lowest BCUT2D eigenvalue weighted by molar-refractivity contribution is 0.0341. The first kappa shape index (κ1) is 24.5. The van der Waals surface area contributed by atoms with Crippen molar-refractivity contribution >= 4 is 41.0 Å². The molecule has 1 fully saturated rings. The van der Waals surface area contributed by atoms with E-state index < -0.39 is 0 Å². The standard InChI is InChI=1S/C24H32N6O.HI/c1-19-28-22-9-5-6-10-23(22)30(19)12-11-26-24(25-2)27-17-20-7-3-4-8-21(20)18-29-13-15-31-16-14-29;/h3-10H,11-18H2,1-2H3,(H2,25,26,27);1H. The molecule has 3 aromatic rings. The largest absolute Gasteiger partial charge is 0.379 e. The van der Waals surface area contributed by atoms with Gasteiger partial charge in [0.1, 0.15) is 5.82 Å². The first-order valence-corrected chi connectivity index (χ1v) is 11.0. The summed E-state index contributed by atoms with van der Waals surface area (Å²) in [5.41, 5.74) is 4.86. The van der Waals surface area contributed by atoms with Gasteiger partial charge < -0.3 is 19.9 Å². The summed E-state index contributed by atoms with van der Waals surface area (Å²) in [6.45, 7) is 8.99. The third kappa shape index (κ3) is 6.20. The molecule has 172 valence electrons. The second-order valence-electron chi connectivity index (χ2n) is 7.81. The molecule has 4 rings (SSSR count). The van der Waals surface area contributed by atoms with Crippen molar-refractivity contribution in [3.05, 3.63) is 65.5 Å². The number of halogens is 1. The third-order valence-corrected chi connectivity index (χ3v) is 5.76.